The predicted octanol–water partition coefficient (Wildman–Crippen LogP) is 2.72. The molecule has 3 rings (SSSR count). The maximum Gasteiger partial charge on any atom is 0.234 e. The molecule has 0 spiro atoms. The molecular weight excluding hydrogens is 284 g/mol. The van der Waals surface area contributed by atoms with Crippen LogP contribution in [-0.2, 0) is 9.53 Å². The van der Waals surface area contributed by atoms with Crippen molar-refractivity contribution in [3.63, 3.8) is 0 Å². The molecule has 4 nitrogen and oxygen atoms in total. The first-order chi connectivity index (χ1) is 10.1. The lowest BCUT2D eigenvalue weighted by Crippen LogP contribution is -2.47. The Bertz CT molecular complexity index is 641. The van der Waals surface area contributed by atoms with Crippen LogP contribution in [0.15, 0.2) is 41.8 Å². The average Bonchev–Trinajstić information content (AvgIpc) is 3.11. The van der Waals surface area contributed by atoms with Gasteiger partial charge in [-0.1, -0.05) is 24.3 Å². The number of carbonyl (C=O) groups is 1. The Labute approximate surface area is 127 Å². The van der Waals surface area contributed by atoms with Crippen LogP contribution in [-0.4, -0.2) is 25.2 Å². The Kier molecular flexibility index (Phi) is 3.80. The first-order valence-corrected chi connectivity index (χ1v) is 7.77. The molecule has 1 fully saturated rings. The molecular formula is C16H18N2O2S. The van der Waals surface area contributed by atoms with Gasteiger partial charge in [0.05, 0.1) is 18.6 Å². The van der Waals surface area contributed by atoms with Crippen molar-refractivity contribution in [2.45, 2.75) is 13.0 Å². The molecule has 3 N–H and O–H groups in total. The van der Waals surface area contributed by atoms with Crippen LogP contribution in [0.1, 0.15) is 6.92 Å². The Balaban J connectivity index is 1.87. The fourth-order valence-corrected chi connectivity index (χ4v) is 3.19. The van der Waals surface area contributed by atoms with E-state index in [2.05, 4.69) is 5.32 Å². The molecule has 2 unspecified atom stereocenters. The summed E-state index contributed by atoms with van der Waals surface area (Å²) in [6, 6.07) is 11.6. The van der Waals surface area contributed by atoms with E-state index in [0.29, 0.717) is 13.2 Å². The first-order valence-electron chi connectivity index (χ1n) is 6.89. The normalized spacial score (nSPS) is 25.0. The maximum atomic E-state index is 12.6. The molecule has 0 radical (unpaired) electrons. The number of benzene rings is 1. The van der Waals surface area contributed by atoms with Gasteiger partial charge in [-0.2, -0.15) is 0 Å². The second-order valence-corrected chi connectivity index (χ2v) is 6.46. The van der Waals surface area contributed by atoms with E-state index >= 15 is 0 Å². The molecule has 1 aliphatic rings. The van der Waals surface area contributed by atoms with Crippen LogP contribution in [0.5, 0.6) is 0 Å². The highest BCUT2D eigenvalue weighted by molar-refractivity contribution is 7.13. The number of rotatable bonds is 3. The number of thiophene rings is 1. The van der Waals surface area contributed by atoms with Gasteiger partial charge in [-0.15, -0.1) is 11.3 Å². The number of anilines is 1. The fourth-order valence-electron chi connectivity index (χ4n) is 2.43. The molecule has 1 aromatic heterocycles. The minimum Gasteiger partial charge on any atom is -0.379 e. The van der Waals surface area contributed by atoms with E-state index < -0.39 is 5.41 Å². The molecule has 1 aliphatic heterocycles. The topological polar surface area (TPSA) is 64.3 Å². The molecule has 2 aromatic rings. The van der Waals surface area contributed by atoms with Gasteiger partial charge >= 0.3 is 0 Å². The van der Waals surface area contributed by atoms with E-state index in [4.69, 9.17) is 10.5 Å². The number of hydrogen-bond acceptors (Lipinski definition) is 4. The van der Waals surface area contributed by atoms with Crippen molar-refractivity contribution in [1.29, 1.82) is 0 Å². The van der Waals surface area contributed by atoms with Gasteiger partial charge in [-0.3, -0.25) is 4.79 Å². The van der Waals surface area contributed by atoms with Crippen LogP contribution in [0.2, 0.25) is 0 Å². The second-order valence-electron chi connectivity index (χ2n) is 5.52. The first kappa shape index (κ1) is 14.3. The van der Waals surface area contributed by atoms with Crippen molar-refractivity contribution >= 4 is 22.9 Å². The zero-order valence-electron chi connectivity index (χ0n) is 11.8. The molecule has 1 aromatic carbocycles. The lowest BCUT2D eigenvalue weighted by atomic mass is 9.84. The van der Waals surface area contributed by atoms with E-state index in [1.165, 1.54) is 0 Å². The van der Waals surface area contributed by atoms with Crippen molar-refractivity contribution in [2.75, 3.05) is 18.5 Å². The third kappa shape index (κ3) is 2.60. The number of amides is 1. The third-order valence-corrected chi connectivity index (χ3v) is 4.90. The second kappa shape index (κ2) is 5.60. The van der Waals surface area contributed by atoms with Crippen LogP contribution in [0.25, 0.3) is 10.4 Å². The molecule has 2 heterocycles. The largest absolute Gasteiger partial charge is 0.379 e. The zero-order chi connectivity index (χ0) is 14.9. The number of para-hydroxylation sites is 1. The minimum absolute atomic E-state index is 0.0866. The molecule has 21 heavy (non-hydrogen) atoms. The van der Waals surface area contributed by atoms with Gasteiger partial charge in [0.2, 0.25) is 5.91 Å². The van der Waals surface area contributed by atoms with Crippen molar-refractivity contribution in [3.8, 4) is 10.4 Å². The summed E-state index contributed by atoms with van der Waals surface area (Å²) in [6.07, 6.45) is 0. The van der Waals surface area contributed by atoms with Crippen molar-refractivity contribution in [2.24, 2.45) is 11.1 Å². The number of carbonyl (C=O) groups excluding carboxylic acids is 1. The van der Waals surface area contributed by atoms with Crippen LogP contribution in [0.4, 0.5) is 5.69 Å². The van der Waals surface area contributed by atoms with Crippen LogP contribution >= 0.6 is 11.3 Å². The molecule has 110 valence electrons. The van der Waals surface area contributed by atoms with E-state index in [0.717, 1.165) is 16.1 Å². The van der Waals surface area contributed by atoms with Gasteiger partial charge in [-0.25, -0.2) is 0 Å². The van der Waals surface area contributed by atoms with Crippen LogP contribution in [0.3, 0.4) is 0 Å². The highest BCUT2D eigenvalue weighted by Crippen LogP contribution is 2.34. The average molecular weight is 302 g/mol. The Hall–Kier alpha value is -1.69. The summed E-state index contributed by atoms with van der Waals surface area (Å²) < 4.78 is 5.35. The lowest BCUT2D eigenvalue weighted by Gasteiger charge is -2.26. The molecule has 1 amide bonds. The molecule has 0 saturated carbocycles. The lowest BCUT2D eigenvalue weighted by molar-refractivity contribution is -0.125. The Morgan fingerprint density at radius 3 is 2.86 bits per heavy atom. The maximum absolute atomic E-state index is 12.6. The van der Waals surface area contributed by atoms with Crippen molar-refractivity contribution < 1.29 is 9.53 Å². The van der Waals surface area contributed by atoms with E-state index in [9.17, 15) is 4.79 Å². The smallest absolute Gasteiger partial charge is 0.234 e. The molecule has 5 heteroatoms. The monoisotopic (exact) mass is 302 g/mol. The quantitative estimate of drug-likeness (QED) is 0.916. The van der Waals surface area contributed by atoms with Gasteiger partial charge in [0, 0.05) is 22.2 Å². The zero-order valence-corrected chi connectivity index (χ0v) is 12.7. The number of ether oxygens (including phenoxy) is 1. The Morgan fingerprint density at radius 1 is 1.38 bits per heavy atom. The van der Waals surface area contributed by atoms with E-state index in [1.54, 1.807) is 11.3 Å². The van der Waals surface area contributed by atoms with Gasteiger partial charge in [0.1, 0.15) is 0 Å². The summed E-state index contributed by atoms with van der Waals surface area (Å²) in [5, 5.41) is 5.04. The van der Waals surface area contributed by atoms with Gasteiger partial charge in [-0.05, 0) is 24.4 Å². The highest BCUT2D eigenvalue weighted by Gasteiger charge is 2.44. The predicted molar refractivity (Wildman–Crippen MR) is 85.3 cm³/mol. The minimum atomic E-state index is -0.678. The fraction of sp³-hybridized carbons (Fsp3) is 0.312. The number of nitrogens with one attached hydrogen (secondary N) is 1. The van der Waals surface area contributed by atoms with E-state index in [1.807, 2.05) is 48.7 Å². The number of nitrogens with two attached hydrogens (primary N) is 1. The third-order valence-electron chi connectivity index (χ3n) is 4.00. The molecule has 2 atom stereocenters. The summed E-state index contributed by atoms with van der Waals surface area (Å²) in [6.45, 7) is 2.64. The SMILES string of the molecule is CC1(C(=O)Nc2ccccc2-c2cccs2)COCC1N. The summed E-state index contributed by atoms with van der Waals surface area (Å²) in [5.41, 5.74) is 7.17. The molecule has 0 bridgehead atoms. The highest BCUT2D eigenvalue weighted by atomic mass is 32.1. The van der Waals surface area contributed by atoms with Gasteiger partial charge in [0.25, 0.3) is 0 Å². The van der Waals surface area contributed by atoms with Gasteiger partial charge < -0.3 is 15.8 Å². The molecule has 0 aliphatic carbocycles. The standard InChI is InChI=1S/C16H18N2O2S/c1-16(10-20-9-14(16)17)15(19)18-12-6-3-2-5-11(12)13-7-4-8-21-13/h2-8,14H,9-10,17H2,1H3,(H,18,19). The summed E-state index contributed by atoms with van der Waals surface area (Å²) in [4.78, 5) is 13.7. The summed E-state index contributed by atoms with van der Waals surface area (Å²) >= 11 is 1.65. The van der Waals surface area contributed by atoms with Crippen LogP contribution < -0.4 is 11.1 Å². The van der Waals surface area contributed by atoms with Crippen molar-refractivity contribution in [1.82, 2.24) is 0 Å². The van der Waals surface area contributed by atoms with E-state index in [-0.39, 0.29) is 11.9 Å². The summed E-state index contributed by atoms with van der Waals surface area (Å²) in [5.74, 6) is -0.0866. The van der Waals surface area contributed by atoms with Crippen molar-refractivity contribution in [3.05, 3.63) is 41.8 Å². The molecule has 1 saturated heterocycles. The van der Waals surface area contributed by atoms with Crippen LogP contribution in [0, 0.1) is 5.41 Å². The Morgan fingerprint density at radius 2 is 2.19 bits per heavy atom. The summed E-state index contributed by atoms with van der Waals surface area (Å²) in [7, 11) is 0. The number of hydrogen-bond donors (Lipinski definition) is 2. The van der Waals surface area contributed by atoms with Gasteiger partial charge in [0.15, 0.2) is 0 Å².